The molecule has 1 unspecified atom stereocenters. The smallest absolute Gasteiger partial charge is 0.334 e. The van der Waals surface area contributed by atoms with Crippen molar-refractivity contribution in [3.8, 4) is 0 Å². The SMILES string of the molecule is OC(F)(F)C(F)c1cc[c]cc1. The standard InChI is InChI=1S/C8H6F3O/c9-7(8(10,11)12)6-4-2-1-3-5-6/h2-5,7,12H. The Balaban J connectivity index is 2.86. The fraction of sp³-hybridized carbons (Fsp3) is 0.250. The fourth-order valence-corrected chi connectivity index (χ4v) is 0.769. The third-order valence-electron chi connectivity index (χ3n) is 1.34. The zero-order valence-electron chi connectivity index (χ0n) is 5.97. The van der Waals surface area contributed by atoms with Crippen LogP contribution in [-0.4, -0.2) is 11.2 Å². The van der Waals surface area contributed by atoms with E-state index >= 15 is 0 Å². The van der Waals surface area contributed by atoms with E-state index in [0.29, 0.717) is 0 Å². The summed E-state index contributed by atoms with van der Waals surface area (Å²) in [5.74, 6) is 0. The Hall–Kier alpha value is -1.03. The number of halogens is 3. The number of hydrogen-bond donors (Lipinski definition) is 1. The van der Waals surface area contributed by atoms with Crippen LogP contribution in [-0.2, 0) is 0 Å². The maximum Gasteiger partial charge on any atom is 0.388 e. The molecule has 0 saturated heterocycles. The molecule has 0 aliphatic rings. The Labute approximate surface area is 67.5 Å². The molecule has 0 aliphatic carbocycles. The molecule has 12 heavy (non-hydrogen) atoms. The Bertz CT molecular complexity index is 242. The first-order chi connectivity index (χ1) is 5.52. The van der Waals surface area contributed by atoms with Gasteiger partial charge in [0, 0.05) is 0 Å². The molecule has 1 aromatic carbocycles. The lowest BCUT2D eigenvalue weighted by molar-refractivity contribution is -0.242. The predicted octanol–water partition coefficient (Wildman–Crippen LogP) is 2.08. The minimum atomic E-state index is -4.32. The highest BCUT2D eigenvalue weighted by atomic mass is 19.3. The third kappa shape index (κ3) is 1.98. The molecule has 1 atom stereocenters. The quantitative estimate of drug-likeness (QED) is 0.729. The van der Waals surface area contributed by atoms with Gasteiger partial charge >= 0.3 is 6.11 Å². The van der Waals surface area contributed by atoms with Gasteiger partial charge < -0.3 is 5.11 Å². The number of benzene rings is 1. The number of hydrogen-bond acceptors (Lipinski definition) is 1. The van der Waals surface area contributed by atoms with Crippen molar-refractivity contribution in [2.45, 2.75) is 12.3 Å². The Morgan fingerprint density at radius 2 is 1.83 bits per heavy atom. The van der Waals surface area contributed by atoms with E-state index in [4.69, 9.17) is 5.11 Å². The summed E-state index contributed by atoms with van der Waals surface area (Å²) >= 11 is 0. The van der Waals surface area contributed by atoms with Crippen LogP contribution in [0.1, 0.15) is 11.7 Å². The van der Waals surface area contributed by atoms with E-state index in [9.17, 15) is 13.2 Å². The van der Waals surface area contributed by atoms with Crippen LogP contribution < -0.4 is 0 Å². The van der Waals surface area contributed by atoms with Gasteiger partial charge in [-0.15, -0.1) is 0 Å². The molecule has 1 radical (unpaired) electrons. The first kappa shape index (κ1) is 9.06. The Morgan fingerprint density at radius 3 is 2.25 bits per heavy atom. The lowest BCUT2D eigenvalue weighted by Crippen LogP contribution is -2.21. The summed E-state index contributed by atoms with van der Waals surface area (Å²) in [5, 5.41) is 8.02. The van der Waals surface area contributed by atoms with E-state index in [1.165, 1.54) is 12.1 Å². The minimum absolute atomic E-state index is 0.263. The maximum absolute atomic E-state index is 12.6. The maximum atomic E-state index is 12.6. The highest BCUT2D eigenvalue weighted by molar-refractivity contribution is 5.17. The normalized spacial score (nSPS) is 14.3. The van der Waals surface area contributed by atoms with E-state index in [1.54, 1.807) is 0 Å². The van der Waals surface area contributed by atoms with Crippen molar-refractivity contribution in [3.63, 3.8) is 0 Å². The van der Waals surface area contributed by atoms with Crippen LogP contribution in [0, 0.1) is 6.07 Å². The summed E-state index contributed by atoms with van der Waals surface area (Å²) in [7, 11) is 0. The second kappa shape index (κ2) is 3.15. The molecule has 4 heteroatoms. The van der Waals surface area contributed by atoms with Crippen LogP contribution in [0.4, 0.5) is 13.2 Å². The Kier molecular flexibility index (Phi) is 2.38. The van der Waals surface area contributed by atoms with Gasteiger partial charge in [-0.1, -0.05) is 24.3 Å². The molecule has 1 nitrogen and oxygen atoms in total. The molecule has 0 aromatic heterocycles. The molecule has 0 aliphatic heterocycles. The molecule has 0 amide bonds. The molecule has 0 bridgehead atoms. The topological polar surface area (TPSA) is 20.2 Å². The summed E-state index contributed by atoms with van der Waals surface area (Å²) in [6, 6.07) is 7.41. The van der Waals surface area contributed by atoms with Crippen molar-refractivity contribution in [2.75, 3.05) is 0 Å². The molecule has 1 N–H and O–H groups in total. The van der Waals surface area contributed by atoms with E-state index < -0.39 is 12.3 Å². The van der Waals surface area contributed by atoms with Crippen molar-refractivity contribution in [2.24, 2.45) is 0 Å². The first-order valence-corrected chi connectivity index (χ1v) is 3.22. The molecule has 0 fully saturated rings. The Morgan fingerprint density at radius 1 is 1.33 bits per heavy atom. The summed E-state index contributed by atoms with van der Waals surface area (Å²) in [5.41, 5.74) is -0.263. The summed E-state index contributed by atoms with van der Waals surface area (Å²) in [6.07, 6.45) is -6.99. The summed E-state index contributed by atoms with van der Waals surface area (Å²) in [6.45, 7) is 0. The van der Waals surface area contributed by atoms with Crippen LogP contribution in [0.2, 0.25) is 0 Å². The van der Waals surface area contributed by atoms with Crippen LogP contribution in [0.3, 0.4) is 0 Å². The van der Waals surface area contributed by atoms with Gasteiger partial charge in [0.15, 0.2) is 0 Å². The minimum Gasteiger partial charge on any atom is -0.334 e. The predicted molar refractivity (Wildman–Crippen MR) is 36.3 cm³/mol. The van der Waals surface area contributed by atoms with E-state index in [2.05, 4.69) is 6.07 Å². The monoisotopic (exact) mass is 175 g/mol. The molecule has 1 aromatic rings. The van der Waals surface area contributed by atoms with Crippen LogP contribution in [0.15, 0.2) is 24.3 Å². The average Bonchev–Trinajstić information content (AvgIpc) is 2.03. The molecular formula is C8H6F3O. The zero-order chi connectivity index (χ0) is 9.19. The van der Waals surface area contributed by atoms with E-state index in [-0.39, 0.29) is 5.56 Å². The van der Waals surface area contributed by atoms with Crippen molar-refractivity contribution < 1.29 is 18.3 Å². The largest absolute Gasteiger partial charge is 0.388 e. The zero-order valence-corrected chi connectivity index (χ0v) is 5.97. The van der Waals surface area contributed by atoms with Crippen LogP contribution in [0.5, 0.6) is 0 Å². The van der Waals surface area contributed by atoms with Gasteiger partial charge in [0.1, 0.15) is 0 Å². The van der Waals surface area contributed by atoms with E-state index in [1.807, 2.05) is 0 Å². The number of aliphatic hydroxyl groups is 1. The highest BCUT2D eigenvalue weighted by Crippen LogP contribution is 2.31. The lowest BCUT2D eigenvalue weighted by Gasteiger charge is -2.13. The second-order valence-electron chi connectivity index (χ2n) is 2.28. The molecule has 0 saturated carbocycles. The van der Waals surface area contributed by atoms with Gasteiger partial charge in [-0.3, -0.25) is 0 Å². The molecule has 0 spiro atoms. The van der Waals surface area contributed by atoms with Gasteiger partial charge in [0.05, 0.1) is 0 Å². The van der Waals surface area contributed by atoms with Crippen molar-refractivity contribution in [1.29, 1.82) is 0 Å². The molecular weight excluding hydrogens is 169 g/mol. The first-order valence-electron chi connectivity index (χ1n) is 3.22. The van der Waals surface area contributed by atoms with Gasteiger partial charge in [0.25, 0.3) is 0 Å². The van der Waals surface area contributed by atoms with Crippen molar-refractivity contribution in [1.82, 2.24) is 0 Å². The number of alkyl halides is 3. The summed E-state index contributed by atoms with van der Waals surface area (Å²) in [4.78, 5) is 0. The highest BCUT2D eigenvalue weighted by Gasteiger charge is 2.38. The second-order valence-corrected chi connectivity index (χ2v) is 2.28. The van der Waals surface area contributed by atoms with Crippen molar-refractivity contribution in [3.05, 3.63) is 35.9 Å². The van der Waals surface area contributed by atoms with Gasteiger partial charge in [0.2, 0.25) is 6.17 Å². The molecule has 1 rings (SSSR count). The summed E-state index contributed by atoms with van der Waals surface area (Å²) < 4.78 is 36.6. The van der Waals surface area contributed by atoms with Gasteiger partial charge in [-0.25, -0.2) is 4.39 Å². The van der Waals surface area contributed by atoms with E-state index in [0.717, 1.165) is 12.1 Å². The molecule has 65 valence electrons. The van der Waals surface area contributed by atoms with Gasteiger partial charge in [-0.2, -0.15) is 8.78 Å². The third-order valence-corrected chi connectivity index (χ3v) is 1.34. The number of rotatable bonds is 2. The fourth-order valence-electron chi connectivity index (χ4n) is 0.769. The van der Waals surface area contributed by atoms with Crippen LogP contribution in [0.25, 0.3) is 0 Å². The van der Waals surface area contributed by atoms with Gasteiger partial charge in [-0.05, 0) is 11.6 Å². The van der Waals surface area contributed by atoms with Crippen molar-refractivity contribution >= 4 is 0 Å². The average molecular weight is 175 g/mol. The lowest BCUT2D eigenvalue weighted by atomic mass is 10.1. The van der Waals surface area contributed by atoms with Crippen LogP contribution >= 0.6 is 0 Å². The molecule has 0 heterocycles.